The summed E-state index contributed by atoms with van der Waals surface area (Å²) in [6.45, 7) is 11.7. The average Bonchev–Trinajstić information content (AvgIpc) is 2.84. The Labute approximate surface area is 201 Å². The van der Waals surface area contributed by atoms with E-state index in [1.165, 1.54) is 12.5 Å². The van der Waals surface area contributed by atoms with Crippen molar-refractivity contribution < 1.29 is 19.2 Å². The SMILES string of the molecule is COc1ccc(C(C)=O)cc1CO/N=C(/C(=O)c1c(C)c(C)c(C)c(C)c1C)c1ccccc1. The van der Waals surface area contributed by atoms with Gasteiger partial charge in [-0.1, -0.05) is 35.5 Å². The number of ketones is 2. The van der Waals surface area contributed by atoms with Crippen LogP contribution in [-0.4, -0.2) is 24.4 Å². The highest BCUT2D eigenvalue weighted by Gasteiger charge is 2.24. The van der Waals surface area contributed by atoms with Crippen molar-refractivity contribution in [3.05, 3.63) is 98.6 Å². The average molecular weight is 458 g/mol. The van der Waals surface area contributed by atoms with E-state index in [-0.39, 0.29) is 23.9 Å². The van der Waals surface area contributed by atoms with Crippen molar-refractivity contribution >= 4 is 17.3 Å². The van der Waals surface area contributed by atoms with Gasteiger partial charge in [-0.25, -0.2) is 0 Å². The Morgan fingerprint density at radius 3 is 1.94 bits per heavy atom. The first-order valence-corrected chi connectivity index (χ1v) is 11.2. The second kappa shape index (κ2) is 10.5. The molecule has 0 bridgehead atoms. The summed E-state index contributed by atoms with van der Waals surface area (Å²) < 4.78 is 5.40. The van der Waals surface area contributed by atoms with Gasteiger partial charge in [-0.3, -0.25) is 9.59 Å². The van der Waals surface area contributed by atoms with E-state index in [1.807, 2.05) is 58.0 Å². The van der Waals surface area contributed by atoms with Crippen LogP contribution in [0.2, 0.25) is 0 Å². The molecule has 0 amide bonds. The zero-order valence-electron chi connectivity index (χ0n) is 20.9. The van der Waals surface area contributed by atoms with Gasteiger partial charge in [0.15, 0.2) is 11.5 Å². The zero-order valence-corrected chi connectivity index (χ0v) is 20.9. The molecular formula is C29H31NO4. The number of hydrogen-bond donors (Lipinski definition) is 0. The third-order valence-corrected chi connectivity index (χ3v) is 6.55. The normalized spacial score (nSPS) is 11.3. The van der Waals surface area contributed by atoms with Gasteiger partial charge in [0.05, 0.1) is 7.11 Å². The molecule has 34 heavy (non-hydrogen) atoms. The second-order valence-electron chi connectivity index (χ2n) is 8.49. The Morgan fingerprint density at radius 1 is 0.794 bits per heavy atom. The van der Waals surface area contributed by atoms with E-state index in [0.717, 1.165) is 22.3 Å². The first-order valence-electron chi connectivity index (χ1n) is 11.2. The lowest BCUT2D eigenvalue weighted by atomic mass is 9.86. The van der Waals surface area contributed by atoms with Crippen LogP contribution in [0.15, 0.2) is 53.7 Å². The van der Waals surface area contributed by atoms with Gasteiger partial charge in [0, 0.05) is 22.3 Å². The van der Waals surface area contributed by atoms with Gasteiger partial charge in [0.2, 0.25) is 5.78 Å². The molecule has 0 aromatic heterocycles. The number of carbonyl (C=O) groups is 2. The Morgan fingerprint density at radius 2 is 1.38 bits per heavy atom. The molecule has 0 fully saturated rings. The second-order valence-corrected chi connectivity index (χ2v) is 8.49. The minimum atomic E-state index is -0.183. The maximum Gasteiger partial charge on any atom is 0.215 e. The van der Waals surface area contributed by atoms with Gasteiger partial charge in [-0.05, 0) is 87.6 Å². The molecule has 176 valence electrons. The highest BCUT2D eigenvalue weighted by atomic mass is 16.6. The molecule has 0 radical (unpaired) electrons. The maximum atomic E-state index is 13.8. The lowest BCUT2D eigenvalue weighted by Crippen LogP contribution is -2.20. The molecule has 3 aromatic carbocycles. The van der Waals surface area contributed by atoms with Crippen molar-refractivity contribution in [3.63, 3.8) is 0 Å². The van der Waals surface area contributed by atoms with Crippen molar-refractivity contribution in [2.24, 2.45) is 5.16 Å². The van der Waals surface area contributed by atoms with Gasteiger partial charge in [0.1, 0.15) is 12.4 Å². The highest BCUT2D eigenvalue weighted by molar-refractivity contribution is 6.51. The van der Waals surface area contributed by atoms with E-state index in [0.29, 0.717) is 28.0 Å². The van der Waals surface area contributed by atoms with Crippen molar-refractivity contribution in [3.8, 4) is 5.75 Å². The van der Waals surface area contributed by atoms with Crippen LogP contribution < -0.4 is 4.74 Å². The first-order chi connectivity index (χ1) is 16.2. The minimum Gasteiger partial charge on any atom is -0.496 e. The third kappa shape index (κ3) is 4.93. The molecule has 0 saturated carbocycles. The smallest absolute Gasteiger partial charge is 0.215 e. The maximum absolute atomic E-state index is 13.8. The molecule has 5 heteroatoms. The van der Waals surface area contributed by atoms with Crippen molar-refractivity contribution in [1.82, 2.24) is 0 Å². The van der Waals surface area contributed by atoms with Gasteiger partial charge < -0.3 is 9.57 Å². The summed E-state index contributed by atoms with van der Waals surface area (Å²) in [4.78, 5) is 31.3. The number of nitrogens with zero attached hydrogens (tertiary/aromatic N) is 1. The van der Waals surface area contributed by atoms with E-state index in [2.05, 4.69) is 12.1 Å². The predicted octanol–water partition coefficient (Wildman–Crippen LogP) is 6.24. The van der Waals surface area contributed by atoms with Crippen molar-refractivity contribution in [1.29, 1.82) is 0 Å². The van der Waals surface area contributed by atoms with E-state index in [4.69, 9.17) is 9.57 Å². The standard InChI is InChI=1S/C29H31NO4/c1-17-18(2)20(4)27(21(5)19(17)3)29(32)28(23-11-9-8-10-12-23)30-34-16-25-15-24(22(6)31)13-14-26(25)33-7/h8-15H,16H2,1-7H3/b30-28+. The van der Waals surface area contributed by atoms with Crippen LogP contribution >= 0.6 is 0 Å². The quantitative estimate of drug-likeness (QED) is 0.228. The molecule has 0 aliphatic heterocycles. The molecule has 0 unspecified atom stereocenters. The molecule has 0 spiro atoms. The zero-order chi connectivity index (χ0) is 25.0. The molecule has 0 aliphatic carbocycles. The number of hydrogen-bond acceptors (Lipinski definition) is 5. The van der Waals surface area contributed by atoms with E-state index < -0.39 is 0 Å². The summed E-state index contributed by atoms with van der Waals surface area (Å²) in [7, 11) is 1.56. The Kier molecular flexibility index (Phi) is 7.67. The summed E-state index contributed by atoms with van der Waals surface area (Å²) in [6.07, 6.45) is 0. The Bertz CT molecular complexity index is 1240. The lowest BCUT2D eigenvalue weighted by molar-refractivity contribution is 0.101. The van der Waals surface area contributed by atoms with Gasteiger partial charge in [0.25, 0.3) is 0 Å². The molecule has 0 aliphatic rings. The van der Waals surface area contributed by atoms with Gasteiger partial charge in [-0.2, -0.15) is 0 Å². The molecule has 3 aromatic rings. The lowest BCUT2D eigenvalue weighted by Gasteiger charge is -2.18. The molecule has 0 saturated heterocycles. The number of Topliss-reactive ketones (excluding diaryl/α,β-unsaturated/α-hetero) is 2. The van der Waals surface area contributed by atoms with Gasteiger partial charge in [-0.15, -0.1) is 0 Å². The molecular weight excluding hydrogens is 426 g/mol. The number of ether oxygens (including phenoxy) is 1. The Hall–Kier alpha value is -3.73. The summed E-state index contributed by atoms with van der Waals surface area (Å²) in [5.74, 6) is 0.352. The fourth-order valence-corrected chi connectivity index (χ4v) is 4.06. The fourth-order valence-electron chi connectivity index (χ4n) is 4.06. The minimum absolute atomic E-state index is 0.0522. The number of rotatable bonds is 8. The number of benzene rings is 3. The molecule has 3 rings (SSSR count). The fraction of sp³-hybridized carbons (Fsp3) is 0.276. The number of oxime groups is 1. The van der Waals surface area contributed by atoms with Crippen LogP contribution in [0.25, 0.3) is 0 Å². The van der Waals surface area contributed by atoms with Gasteiger partial charge >= 0.3 is 0 Å². The predicted molar refractivity (Wildman–Crippen MR) is 135 cm³/mol. The van der Waals surface area contributed by atoms with Crippen LogP contribution in [0.4, 0.5) is 0 Å². The van der Waals surface area contributed by atoms with Crippen LogP contribution in [0.5, 0.6) is 5.75 Å². The van der Waals surface area contributed by atoms with E-state index >= 15 is 0 Å². The highest BCUT2D eigenvalue weighted by Crippen LogP contribution is 2.28. The molecule has 0 atom stereocenters. The topological polar surface area (TPSA) is 65.0 Å². The van der Waals surface area contributed by atoms with Crippen LogP contribution in [0.3, 0.4) is 0 Å². The summed E-state index contributed by atoms with van der Waals surface area (Å²) in [6, 6.07) is 14.5. The largest absolute Gasteiger partial charge is 0.496 e. The summed E-state index contributed by atoms with van der Waals surface area (Å²) in [5.41, 5.74) is 8.09. The van der Waals surface area contributed by atoms with Crippen LogP contribution in [0, 0.1) is 34.6 Å². The Balaban J connectivity index is 2.04. The molecule has 0 N–H and O–H groups in total. The number of carbonyl (C=O) groups excluding carboxylic acids is 2. The van der Waals surface area contributed by atoms with E-state index in [9.17, 15) is 9.59 Å². The first kappa shape index (κ1) is 24.9. The van der Waals surface area contributed by atoms with Crippen LogP contribution in [-0.2, 0) is 11.4 Å². The number of methoxy groups -OCH3 is 1. The summed E-state index contributed by atoms with van der Waals surface area (Å²) >= 11 is 0. The monoisotopic (exact) mass is 457 g/mol. The van der Waals surface area contributed by atoms with Crippen LogP contribution in [0.1, 0.15) is 66.6 Å². The third-order valence-electron chi connectivity index (χ3n) is 6.55. The van der Waals surface area contributed by atoms with E-state index in [1.54, 1.807) is 25.3 Å². The van der Waals surface area contributed by atoms with Crippen molar-refractivity contribution in [2.75, 3.05) is 7.11 Å². The molecule has 0 heterocycles. The van der Waals surface area contributed by atoms with Crippen molar-refractivity contribution in [2.45, 2.75) is 48.1 Å². The summed E-state index contributed by atoms with van der Waals surface area (Å²) in [5, 5.41) is 4.31. The molecule has 5 nitrogen and oxygen atoms in total.